The maximum absolute atomic E-state index is 12.9. The van der Waals surface area contributed by atoms with Crippen molar-refractivity contribution in [3.8, 4) is 5.75 Å². The molecule has 1 heterocycles. The Balaban J connectivity index is 1.43. The van der Waals surface area contributed by atoms with E-state index in [4.69, 9.17) is 10.5 Å². The molecule has 32 heavy (non-hydrogen) atoms. The van der Waals surface area contributed by atoms with Crippen LogP contribution in [0.15, 0.2) is 54.6 Å². The fraction of sp³-hybridized carbons (Fsp3) is 0.440. The molecule has 1 saturated heterocycles. The van der Waals surface area contributed by atoms with Gasteiger partial charge >= 0.3 is 0 Å². The van der Waals surface area contributed by atoms with Gasteiger partial charge in [-0.05, 0) is 42.6 Å². The van der Waals surface area contributed by atoms with E-state index >= 15 is 0 Å². The normalized spacial score (nSPS) is 15.5. The maximum atomic E-state index is 12.9. The molecule has 0 bridgehead atoms. The Bertz CT molecular complexity index is 845. The monoisotopic (exact) mass is 455 g/mol. The van der Waals surface area contributed by atoms with Crippen molar-refractivity contribution in [2.75, 3.05) is 24.7 Å². The van der Waals surface area contributed by atoms with Crippen molar-refractivity contribution in [3.63, 3.8) is 0 Å². The number of nitrogens with zero attached hydrogens (tertiary/aromatic N) is 1. The van der Waals surface area contributed by atoms with Gasteiger partial charge in [0.1, 0.15) is 12.4 Å². The summed E-state index contributed by atoms with van der Waals surface area (Å²) < 4.78 is 5.82. The molecule has 0 aromatic heterocycles. The predicted molar refractivity (Wildman–Crippen MR) is 129 cm³/mol. The summed E-state index contributed by atoms with van der Waals surface area (Å²) >= 11 is 1.70. The Morgan fingerprint density at radius 2 is 1.81 bits per heavy atom. The van der Waals surface area contributed by atoms with Crippen LogP contribution in [0.3, 0.4) is 0 Å². The van der Waals surface area contributed by atoms with Crippen LogP contribution < -0.4 is 15.8 Å². The van der Waals surface area contributed by atoms with Crippen molar-refractivity contribution < 1.29 is 14.3 Å². The highest BCUT2D eigenvalue weighted by Crippen LogP contribution is 2.24. The van der Waals surface area contributed by atoms with Crippen LogP contribution in [0.1, 0.15) is 36.8 Å². The van der Waals surface area contributed by atoms with Crippen LogP contribution in [0.2, 0.25) is 0 Å². The van der Waals surface area contributed by atoms with E-state index in [1.807, 2.05) is 59.5 Å². The summed E-state index contributed by atoms with van der Waals surface area (Å²) in [7, 11) is 0. The van der Waals surface area contributed by atoms with E-state index in [-0.39, 0.29) is 17.9 Å². The number of unbranched alkanes of at least 4 members (excludes halogenated alkanes) is 2. The van der Waals surface area contributed by atoms with Gasteiger partial charge in [-0.25, -0.2) is 0 Å². The second-order valence-corrected chi connectivity index (χ2v) is 9.02. The van der Waals surface area contributed by atoms with Gasteiger partial charge in [0.15, 0.2) is 0 Å². The minimum atomic E-state index is -0.0370. The lowest BCUT2D eigenvalue weighted by atomic mass is 10.1. The SMILES string of the molecule is NCCCCCNC(=O)CC1CSCN1C(=O)Cc1ccc(OCc2ccccc2)cc1. The van der Waals surface area contributed by atoms with Crippen molar-refractivity contribution in [2.24, 2.45) is 5.73 Å². The number of nitrogens with two attached hydrogens (primary N) is 1. The highest BCUT2D eigenvalue weighted by atomic mass is 32.2. The first kappa shape index (κ1) is 24.1. The highest BCUT2D eigenvalue weighted by Gasteiger charge is 2.30. The third-order valence-electron chi connectivity index (χ3n) is 5.45. The molecule has 1 fully saturated rings. The molecule has 7 heteroatoms. The molecule has 0 radical (unpaired) electrons. The van der Waals surface area contributed by atoms with Crippen LogP contribution >= 0.6 is 11.8 Å². The number of carbonyl (C=O) groups excluding carboxylic acids is 2. The number of rotatable bonds is 12. The molecular formula is C25H33N3O3S. The highest BCUT2D eigenvalue weighted by molar-refractivity contribution is 7.99. The number of nitrogens with one attached hydrogen (secondary N) is 1. The summed E-state index contributed by atoms with van der Waals surface area (Å²) in [4.78, 5) is 27.0. The van der Waals surface area contributed by atoms with Gasteiger partial charge in [0.2, 0.25) is 11.8 Å². The molecule has 0 aliphatic carbocycles. The summed E-state index contributed by atoms with van der Waals surface area (Å²) in [5.74, 6) is 2.31. The van der Waals surface area contributed by atoms with Crippen LogP contribution in [-0.4, -0.2) is 47.5 Å². The number of thioether (sulfide) groups is 1. The second-order valence-electron chi connectivity index (χ2n) is 8.02. The first-order valence-electron chi connectivity index (χ1n) is 11.3. The lowest BCUT2D eigenvalue weighted by Crippen LogP contribution is -2.41. The first-order chi connectivity index (χ1) is 15.7. The summed E-state index contributed by atoms with van der Waals surface area (Å²) in [6.45, 7) is 1.87. The molecule has 0 saturated carbocycles. The smallest absolute Gasteiger partial charge is 0.227 e. The zero-order valence-electron chi connectivity index (χ0n) is 18.5. The van der Waals surface area contributed by atoms with Gasteiger partial charge in [0.25, 0.3) is 0 Å². The summed E-state index contributed by atoms with van der Waals surface area (Å²) in [6, 6.07) is 17.7. The number of carbonyl (C=O) groups is 2. The number of hydrogen-bond acceptors (Lipinski definition) is 5. The molecule has 6 nitrogen and oxygen atoms in total. The lowest BCUT2D eigenvalue weighted by molar-refractivity contribution is -0.132. The van der Waals surface area contributed by atoms with Crippen LogP contribution in [0.4, 0.5) is 0 Å². The van der Waals surface area contributed by atoms with Crippen molar-refractivity contribution in [1.82, 2.24) is 10.2 Å². The molecule has 3 N–H and O–H groups in total. The zero-order chi connectivity index (χ0) is 22.6. The summed E-state index contributed by atoms with van der Waals surface area (Å²) in [5, 5.41) is 2.97. The Labute approximate surface area is 194 Å². The van der Waals surface area contributed by atoms with Gasteiger partial charge in [-0.15, -0.1) is 11.8 Å². The number of benzene rings is 2. The molecule has 1 aliphatic heterocycles. The topological polar surface area (TPSA) is 84.7 Å². The van der Waals surface area contributed by atoms with E-state index in [0.717, 1.165) is 41.9 Å². The molecule has 2 amide bonds. The largest absolute Gasteiger partial charge is 0.489 e. The van der Waals surface area contributed by atoms with Gasteiger partial charge in [-0.3, -0.25) is 9.59 Å². The van der Waals surface area contributed by atoms with Crippen LogP contribution in [0.5, 0.6) is 5.75 Å². The lowest BCUT2D eigenvalue weighted by Gasteiger charge is -2.23. The fourth-order valence-corrected chi connectivity index (χ4v) is 4.83. The number of amides is 2. The van der Waals surface area contributed by atoms with E-state index in [0.29, 0.717) is 38.4 Å². The van der Waals surface area contributed by atoms with E-state index in [1.54, 1.807) is 11.8 Å². The average Bonchev–Trinajstić information content (AvgIpc) is 3.27. The molecule has 0 spiro atoms. The van der Waals surface area contributed by atoms with Gasteiger partial charge in [-0.2, -0.15) is 0 Å². The van der Waals surface area contributed by atoms with Gasteiger partial charge in [-0.1, -0.05) is 48.9 Å². The predicted octanol–water partition coefficient (Wildman–Crippen LogP) is 3.34. The van der Waals surface area contributed by atoms with Crippen LogP contribution in [-0.2, 0) is 22.6 Å². The van der Waals surface area contributed by atoms with Crippen molar-refractivity contribution in [2.45, 2.75) is 44.8 Å². The number of hydrogen-bond donors (Lipinski definition) is 2. The van der Waals surface area contributed by atoms with Crippen molar-refractivity contribution in [3.05, 3.63) is 65.7 Å². The Hall–Kier alpha value is -2.51. The summed E-state index contributed by atoms with van der Waals surface area (Å²) in [5.41, 5.74) is 7.55. The molecular weight excluding hydrogens is 422 g/mol. The van der Waals surface area contributed by atoms with Gasteiger partial charge < -0.3 is 20.7 Å². The van der Waals surface area contributed by atoms with E-state index in [1.165, 1.54) is 0 Å². The molecule has 1 unspecified atom stereocenters. The van der Waals surface area contributed by atoms with E-state index in [9.17, 15) is 9.59 Å². The Morgan fingerprint density at radius 1 is 1.03 bits per heavy atom. The van der Waals surface area contributed by atoms with Crippen LogP contribution in [0.25, 0.3) is 0 Å². The quantitative estimate of drug-likeness (QED) is 0.480. The van der Waals surface area contributed by atoms with Gasteiger partial charge in [0, 0.05) is 18.7 Å². The standard InChI is InChI=1S/C25H33N3O3S/c26-13-5-2-6-14-27-24(29)16-22-18-32-19-28(22)25(30)15-20-9-11-23(12-10-20)31-17-21-7-3-1-4-8-21/h1,3-4,7-12,22H,2,5-6,13-19,26H2,(H,27,29). The minimum absolute atomic E-state index is 0.0166. The Kier molecular flexibility index (Phi) is 9.91. The Morgan fingerprint density at radius 3 is 2.56 bits per heavy atom. The second kappa shape index (κ2) is 13.1. The fourth-order valence-electron chi connectivity index (χ4n) is 3.61. The third kappa shape index (κ3) is 7.88. The average molecular weight is 456 g/mol. The molecule has 1 atom stereocenters. The maximum Gasteiger partial charge on any atom is 0.227 e. The molecule has 3 rings (SSSR count). The molecule has 172 valence electrons. The van der Waals surface area contributed by atoms with Crippen LogP contribution in [0, 0.1) is 0 Å². The van der Waals surface area contributed by atoms with E-state index < -0.39 is 0 Å². The third-order valence-corrected chi connectivity index (χ3v) is 6.53. The van der Waals surface area contributed by atoms with Crippen molar-refractivity contribution >= 4 is 23.6 Å². The van der Waals surface area contributed by atoms with Gasteiger partial charge in [0.05, 0.1) is 18.3 Å². The number of ether oxygens (including phenoxy) is 1. The van der Waals surface area contributed by atoms with Crippen molar-refractivity contribution in [1.29, 1.82) is 0 Å². The molecule has 2 aromatic carbocycles. The minimum Gasteiger partial charge on any atom is -0.489 e. The zero-order valence-corrected chi connectivity index (χ0v) is 19.3. The molecule has 2 aromatic rings. The summed E-state index contributed by atoms with van der Waals surface area (Å²) in [6.07, 6.45) is 3.64. The van der Waals surface area contributed by atoms with E-state index in [2.05, 4.69) is 5.32 Å². The first-order valence-corrected chi connectivity index (χ1v) is 12.4. The molecule has 1 aliphatic rings.